The number of carbonyl (C=O) groups excluding carboxylic acids is 1. The third-order valence-corrected chi connectivity index (χ3v) is 7.60. The van der Waals surface area contributed by atoms with Gasteiger partial charge in [-0.2, -0.15) is 16.1 Å². The number of thiophene rings is 1. The van der Waals surface area contributed by atoms with Crippen molar-refractivity contribution in [3.8, 4) is 0 Å². The van der Waals surface area contributed by atoms with Crippen LogP contribution in [0.4, 0.5) is 0 Å². The molecule has 23 heavy (non-hydrogen) atoms. The van der Waals surface area contributed by atoms with Crippen molar-refractivity contribution in [3.63, 3.8) is 0 Å². The molecule has 0 aromatic carbocycles. The molecule has 1 aliphatic heterocycles. The van der Waals surface area contributed by atoms with Gasteiger partial charge in [-0.3, -0.25) is 4.79 Å². The second-order valence-electron chi connectivity index (χ2n) is 5.42. The highest BCUT2D eigenvalue weighted by molar-refractivity contribution is 7.99. The zero-order valence-corrected chi connectivity index (χ0v) is 16.1. The molecular formula is C15H24N2O3S3. The molecule has 5 nitrogen and oxygen atoms in total. The lowest BCUT2D eigenvalue weighted by Gasteiger charge is -2.26. The largest absolute Gasteiger partial charge is 0.338 e. The van der Waals surface area contributed by atoms with Crippen molar-refractivity contribution in [1.29, 1.82) is 0 Å². The highest BCUT2D eigenvalue weighted by Gasteiger charge is 2.32. The van der Waals surface area contributed by atoms with Crippen LogP contribution in [0.5, 0.6) is 0 Å². The van der Waals surface area contributed by atoms with E-state index in [0.29, 0.717) is 31.1 Å². The van der Waals surface area contributed by atoms with Crippen LogP contribution in [0.15, 0.2) is 16.3 Å². The summed E-state index contributed by atoms with van der Waals surface area (Å²) in [6, 6.07) is 1.57. The summed E-state index contributed by atoms with van der Waals surface area (Å²) in [5, 5.41) is 1.70. The second-order valence-corrected chi connectivity index (χ2v) is 9.47. The smallest absolute Gasteiger partial charge is 0.265 e. The molecule has 0 atom stereocenters. The molecular weight excluding hydrogens is 352 g/mol. The van der Waals surface area contributed by atoms with E-state index >= 15 is 0 Å². The fourth-order valence-electron chi connectivity index (χ4n) is 2.58. The van der Waals surface area contributed by atoms with Gasteiger partial charge in [0.25, 0.3) is 5.91 Å². The summed E-state index contributed by atoms with van der Waals surface area (Å²) in [7, 11) is -3.57. The zero-order valence-electron chi connectivity index (χ0n) is 13.7. The number of hydrogen-bond acceptors (Lipinski definition) is 5. The van der Waals surface area contributed by atoms with Gasteiger partial charge in [-0.05, 0) is 24.3 Å². The number of sulfonamides is 1. The fourth-order valence-corrected chi connectivity index (χ4v) is 6.52. The average molecular weight is 377 g/mol. The number of carbonyl (C=O) groups is 1. The molecule has 1 aliphatic rings. The highest BCUT2D eigenvalue weighted by atomic mass is 32.2. The van der Waals surface area contributed by atoms with Gasteiger partial charge >= 0.3 is 0 Å². The molecule has 2 rings (SSSR count). The van der Waals surface area contributed by atoms with E-state index in [1.54, 1.807) is 28.1 Å². The van der Waals surface area contributed by atoms with Crippen LogP contribution < -0.4 is 0 Å². The molecule has 0 radical (unpaired) electrons. The topological polar surface area (TPSA) is 57.7 Å². The minimum Gasteiger partial charge on any atom is -0.338 e. The molecule has 8 heteroatoms. The van der Waals surface area contributed by atoms with Crippen LogP contribution in [0.1, 0.15) is 36.4 Å². The Labute approximate surface area is 147 Å². The maximum absolute atomic E-state index is 12.9. The van der Waals surface area contributed by atoms with Gasteiger partial charge < -0.3 is 4.90 Å². The van der Waals surface area contributed by atoms with Gasteiger partial charge in [0.2, 0.25) is 10.0 Å². The Morgan fingerprint density at radius 1 is 1.22 bits per heavy atom. The van der Waals surface area contributed by atoms with Crippen molar-refractivity contribution in [1.82, 2.24) is 9.21 Å². The second kappa shape index (κ2) is 8.50. The van der Waals surface area contributed by atoms with Crippen molar-refractivity contribution < 1.29 is 13.2 Å². The average Bonchev–Trinajstić information content (AvgIpc) is 3.05. The van der Waals surface area contributed by atoms with Crippen molar-refractivity contribution in [2.45, 2.75) is 31.6 Å². The van der Waals surface area contributed by atoms with Crippen molar-refractivity contribution >= 4 is 39.0 Å². The standard InChI is InChI=1S/C15H24N2O3S3/c1-3-6-16(7-4-2)15(18)14-13(5-10-22-14)23(19,20)17-8-11-21-12-9-17/h5,10H,3-4,6-9,11-12H2,1-2H3. The Morgan fingerprint density at radius 3 is 2.39 bits per heavy atom. The van der Waals surface area contributed by atoms with Crippen molar-refractivity contribution in [3.05, 3.63) is 16.3 Å². The predicted molar refractivity (Wildman–Crippen MR) is 96.9 cm³/mol. The first kappa shape index (κ1) is 18.8. The minimum atomic E-state index is -3.57. The Morgan fingerprint density at radius 2 is 1.83 bits per heavy atom. The van der Waals surface area contributed by atoms with Gasteiger partial charge in [-0.1, -0.05) is 13.8 Å². The van der Waals surface area contributed by atoms with Crippen LogP contribution >= 0.6 is 23.1 Å². The van der Waals surface area contributed by atoms with E-state index in [0.717, 1.165) is 24.3 Å². The minimum absolute atomic E-state index is 0.159. The van der Waals surface area contributed by atoms with Gasteiger partial charge in [0, 0.05) is 37.7 Å². The monoisotopic (exact) mass is 376 g/mol. The van der Waals surface area contributed by atoms with E-state index in [1.165, 1.54) is 15.6 Å². The maximum atomic E-state index is 12.9. The first-order valence-corrected chi connectivity index (χ1v) is 11.4. The Bertz CT molecular complexity index is 616. The molecule has 1 aromatic heterocycles. The Kier molecular flexibility index (Phi) is 6.94. The van der Waals surface area contributed by atoms with Gasteiger partial charge in [-0.25, -0.2) is 8.42 Å². The normalized spacial score (nSPS) is 16.4. The summed E-state index contributed by atoms with van der Waals surface area (Å²) in [6.45, 7) is 6.39. The van der Waals surface area contributed by atoms with Crippen molar-refractivity contribution in [2.24, 2.45) is 0 Å². The molecule has 1 aromatic rings. The number of nitrogens with zero attached hydrogens (tertiary/aromatic N) is 2. The van der Waals surface area contributed by atoms with Gasteiger partial charge in [0.1, 0.15) is 9.77 Å². The number of hydrogen-bond donors (Lipinski definition) is 0. The molecule has 0 aliphatic carbocycles. The lowest BCUT2D eigenvalue weighted by molar-refractivity contribution is 0.0757. The molecule has 0 N–H and O–H groups in total. The Hall–Kier alpha value is -0.570. The number of thioether (sulfide) groups is 1. The summed E-state index contributed by atoms with van der Waals surface area (Å²) in [6.07, 6.45) is 1.73. The summed E-state index contributed by atoms with van der Waals surface area (Å²) in [5.74, 6) is 1.46. The number of amides is 1. The molecule has 1 fully saturated rings. The maximum Gasteiger partial charge on any atom is 0.265 e. The first-order valence-electron chi connectivity index (χ1n) is 7.97. The van der Waals surface area contributed by atoms with E-state index in [4.69, 9.17) is 0 Å². The molecule has 0 spiro atoms. The molecule has 1 amide bonds. The van der Waals surface area contributed by atoms with Crippen LogP contribution in [0, 0.1) is 0 Å². The van der Waals surface area contributed by atoms with Gasteiger partial charge in [-0.15, -0.1) is 11.3 Å². The van der Waals surface area contributed by atoms with Crippen LogP contribution in [0.25, 0.3) is 0 Å². The zero-order chi connectivity index (χ0) is 16.9. The van der Waals surface area contributed by atoms with Crippen molar-refractivity contribution in [2.75, 3.05) is 37.7 Å². The summed E-state index contributed by atoms with van der Waals surface area (Å²) < 4.78 is 27.2. The third-order valence-electron chi connectivity index (χ3n) is 3.69. The molecule has 1 saturated heterocycles. The lowest BCUT2D eigenvalue weighted by atomic mass is 10.3. The van der Waals surface area contributed by atoms with Crippen LogP contribution in [0.2, 0.25) is 0 Å². The number of rotatable bonds is 7. The fraction of sp³-hybridized carbons (Fsp3) is 0.667. The van der Waals surface area contributed by atoms with E-state index in [9.17, 15) is 13.2 Å². The third kappa shape index (κ3) is 4.29. The molecule has 0 unspecified atom stereocenters. The quantitative estimate of drug-likeness (QED) is 0.734. The summed E-state index contributed by atoms with van der Waals surface area (Å²) in [5.41, 5.74) is 0. The van der Waals surface area contributed by atoms with Gasteiger partial charge in [0.15, 0.2) is 0 Å². The van der Waals surface area contributed by atoms with E-state index in [-0.39, 0.29) is 10.8 Å². The predicted octanol–water partition coefficient (Wildman–Crippen LogP) is 2.75. The summed E-state index contributed by atoms with van der Waals surface area (Å²) >= 11 is 2.99. The molecule has 0 saturated carbocycles. The first-order chi connectivity index (χ1) is 11.0. The molecule has 0 bridgehead atoms. The summed E-state index contributed by atoms with van der Waals surface area (Å²) in [4.78, 5) is 15.1. The van der Waals surface area contributed by atoms with Crippen LogP contribution in [-0.2, 0) is 10.0 Å². The van der Waals surface area contributed by atoms with E-state index in [1.807, 2.05) is 13.8 Å². The Balaban J connectivity index is 2.29. The highest BCUT2D eigenvalue weighted by Crippen LogP contribution is 2.28. The van der Waals surface area contributed by atoms with Crippen LogP contribution in [-0.4, -0.2) is 61.2 Å². The van der Waals surface area contributed by atoms with Crippen LogP contribution in [0.3, 0.4) is 0 Å². The lowest BCUT2D eigenvalue weighted by Crippen LogP contribution is -2.39. The van der Waals surface area contributed by atoms with E-state index < -0.39 is 10.0 Å². The molecule has 130 valence electrons. The van der Waals surface area contributed by atoms with E-state index in [2.05, 4.69) is 0 Å². The molecule has 2 heterocycles. The van der Waals surface area contributed by atoms with Gasteiger partial charge in [0.05, 0.1) is 0 Å². The SMILES string of the molecule is CCCN(CCC)C(=O)c1sccc1S(=O)(=O)N1CCSCC1.